The van der Waals surface area contributed by atoms with Gasteiger partial charge in [0.1, 0.15) is 9.84 Å². The number of pyridine rings is 1. The number of carbonyl (C=O) groups is 1. The van der Waals surface area contributed by atoms with E-state index in [0.717, 1.165) is 6.26 Å². The standard InChI is InChI=1S/C16H18N2O4S/c1-23(21,22)11-9-14(16(17)20)12-5-7-13(8-6-12)18-10-3-2-4-15(18)19/h2-8,10,14H,9,11H2,1H3,(H2,17,20). The summed E-state index contributed by atoms with van der Waals surface area (Å²) in [5.74, 6) is -1.36. The number of hydrogen-bond donors (Lipinski definition) is 1. The van der Waals surface area contributed by atoms with Crippen molar-refractivity contribution in [2.24, 2.45) is 5.73 Å². The Hall–Kier alpha value is -2.41. The molecule has 0 saturated carbocycles. The first-order chi connectivity index (χ1) is 10.8. The normalized spacial score (nSPS) is 12.7. The van der Waals surface area contributed by atoms with Crippen molar-refractivity contribution in [3.05, 3.63) is 64.6 Å². The number of hydrogen-bond acceptors (Lipinski definition) is 4. The molecule has 0 saturated heterocycles. The van der Waals surface area contributed by atoms with Crippen molar-refractivity contribution >= 4 is 15.7 Å². The summed E-state index contributed by atoms with van der Waals surface area (Å²) in [6, 6.07) is 11.6. The molecule has 0 aliphatic heterocycles. The highest BCUT2D eigenvalue weighted by atomic mass is 32.2. The van der Waals surface area contributed by atoms with Gasteiger partial charge in [-0.15, -0.1) is 0 Å². The molecule has 23 heavy (non-hydrogen) atoms. The van der Waals surface area contributed by atoms with Gasteiger partial charge in [0.15, 0.2) is 0 Å². The second-order valence-corrected chi connectivity index (χ2v) is 7.63. The largest absolute Gasteiger partial charge is 0.369 e. The molecule has 0 radical (unpaired) electrons. The molecular weight excluding hydrogens is 316 g/mol. The number of rotatable bonds is 6. The van der Waals surface area contributed by atoms with E-state index in [2.05, 4.69) is 0 Å². The summed E-state index contributed by atoms with van der Waals surface area (Å²) in [6.07, 6.45) is 2.90. The maximum atomic E-state index is 11.8. The summed E-state index contributed by atoms with van der Waals surface area (Å²) in [6.45, 7) is 0. The zero-order valence-electron chi connectivity index (χ0n) is 12.7. The summed E-state index contributed by atoms with van der Waals surface area (Å²) in [5, 5.41) is 0. The molecule has 2 N–H and O–H groups in total. The molecular formula is C16H18N2O4S. The van der Waals surface area contributed by atoms with Crippen LogP contribution in [0.25, 0.3) is 5.69 Å². The van der Waals surface area contributed by atoms with Crippen molar-refractivity contribution < 1.29 is 13.2 Å². The van der Waals surface area contributed by atoms with Gasteiger partial charge in [0.2, 0.25) is 5.91 Å². The highest BCUT2D eigenvalue weighted by Gasteiger charge is 2.20. The van der Waals surface area contributed by atoms with Crippen molar-refractivity contribution in [2.45, 2.75) is 12.3 Å². The van der Waals surface area contributed by atoms with Crippen molar-refractivity contribution in [1.82, 2.24) is 4.57 Å². The van der Waals surface area contributed by atoms with Crippen LogP contribution in [-0.4, -0.2) is 30.9 Å². The lowest BCUT2D eigenvalue weighted by Crippen LogP contribution is -2.24. The summed E-state index contributed by atoms with van der Waals surface area (Å²) < 4.78 is 24.0. The predicted octanol–water partition coefficient (Wildman–Crippen LogP) is 0.841. The van der Waals surface area contributed by atoms with Gasteiger partial charge in [-0.1, -0.05) is 18.2 Å². The third-order valence-corrected chi connectivity index (χ3v) is 4.49. The number of amides is 1. The third kappa shape index (κ3) is 4.53. The molecule has 0 aliphatic carbocycles. The van der Waals surface area contributed by atoms with Crippen LogP contribution in [0.2, 0.25) is 0 Å². The van der Waals surface area contributed by atoms with Gasteiger partial charge in [0.25, 0.3) is 5.56 Å². The number of nitrogens with two attached hydrogens (primary N) is 1. The Balaban J connectivity index is 2.27. The van der Waals surface area contributed by atoms with Crippen molar-refractivity contribution in [2.75, 3.05) is 12.0 Å². The average molecular weight is 334 g/mol. The minimum Gasteiger partial charge on any atom is -0.369 e. The maximum absolute atomic E-state index is 11.8. The molecule has 1 atom stereocenters. The Morgan fingerprint density at radius 3 is 2.35 bits per heavy atom. The lowest BCUT2D eigenvalue weighted by molar-refractivity contribution is -0.119. The van der Waals surface area contributed by atoms with Gasteiger partial charge >= 0.3 is 0 Å². The van der Waals surface area contributed by atoms with E-state index in [1.807, 2.05) is 0 Å². The molecule has 2 rings (SSSR count). The van der Waals surface area contributed by atoms with Crippen LogP contribution >= 0.6 is 0 Å². The number of carbonyl (C=O) groups excluding carboxylic acids is 1. The van der Waals surface area contributed by atoms with Crippen LogP contribution in [0.4, 0.5) is 0 Å². The van der Waals surface area contributed by atoms with Crippen LogP contribution in [0.3, 0.4) is 0 Å². The molecule has 1 amide bonds. The monoisotopic (exact) mass is 334 g/mol. The number of benzene rings is 1. The van der Waals surface area contributed by atoms with Crippen LogP contribution in [0.1, 0.15) is 17.9 Å². The fraction of sp³-hybridized carbons (Fsp3) is 0.250. The minimum absolute atomic E-state index is 0.111. The van der Waals surface area contributed by atoms with Crippen molar-refractivity contribution in [3.63, 3.8) is 0 Å². The summed E-state index contributed by atoms with van der Waals surface area (Å²) in [4.78, 5) is 23.4. The Morgan fingerprint density at radius 2 is 1.83 bits per heavy atom. The Kier molecular flexibility index (Phi) is 5.00. The number of aromatic nitrogens is 1. The molecule has 0 fully saturated rings. The van der Waals surface area contributed by atoms with Crippen LogP contribution in [0.15, 0.2) is 53.5 Å². The fourth-order valence-electron chi connectivity index (χ4n) is 2.31. The van der Waals surface area contributed by atoms with Gasteiger partial charge in [-0.2, -0.15) is 0 Å². The van der Waals surface area contributed by atoms with Crippen molar-refractivity contribution in [1.29, 1.82) is 0 Å². The highest BCUT2D eigenvalue weighted by molar-refractivity contribution is 7.90. The van der Waals surface area contributed by atoms with Crippen LogP contribution < -0.4 is 11.3 Å². The Labute approximate surface area is 134 Å². The lowest BCUT2D eigenvalue weighted by Gasteiger charge is -2.14. The molecule has 1 aromatic heterocycles. The second-order valence-electron chi connectivity index (χ2n) is 5.37. The lowest BCUT2D eigenvalue weighted by atomic mass is 9.95. The topological polar surface area (TPSA) is 99.2 Å². The molecule has 1 aromatic carbocycles. The number of sulfone groups is 1. The van der Waals surface area contributed by atoms with Gasteiger partial charge in [-0.3, -0.25) is 14.2 Å². The van der Waals surface area contributed by atoms with Gasteiger partial charge in [-0.25, -0.2) is 8.42 Å². The number of nitrogens with zero attached hydrogens (tertiary/aromatic N) is 1. The van der Waals surface area contributed by atoms with E-state index in [9.17, 15) is 18.0 Å². The summed E-state index contributed by atoms with van der Waals surface area (Å²) >= 11 is 0. The van der Waals surface area contributed by atoms with E-state index in [4.69, 9.17) is 5.73 Å². The molecule has 0 aliphatic rings. The van der Waals surface area contributed by atoms with E-state index < -0.39 is 21.7 Å². The Bertz CT molecular complexity index is 854. The smallest absolute Gasteiger partial charge is 0.255 e. The predicted molar refractivity (Wildman–Crippen MR) is 88.3 cm³/mol. The maximum Gasteiger partial charge on any atom is 0.255 e. The zero-order chi connectivity index (χ0) is 17.0. The van der Waals surface area contributed by atoms with Gasteiger partial charge in [0.05, 0.1) is 11.7 Å². The molecule has 0 bridgehead atoms. The second kappa shape index (κ2) is 6.78. The van der Waals surface area contributed by atoms with Crippen molar-refractivity contribution in [3.8, 4) is 5.69 Å². The zero-order valence-corrected chi connectivity index (χ0v) is 13.5. The molecule has 1 heterocycles. The first kappa shape index (κ1) is 17.0. The average Bonchev–Trinajstić information content (AvgIpc) is 2.47. The minimum atomic E-state index is -3.17. The van der Waals surface area contributed by atoms with Crippen LogP contribution in [-0.2, 0) is 14.6 Å². The first-order valence-corrected chi connectivity index (χ1v) is 9.09. The summed E-state index contributed by atoms with van der Waals surface area (Å²) in [7, 11) is -3.17. The molecule has 2 aromatic rings. The fourth-order valence-corrected chi connectivity index (χ4v) is 2.98. The highest BCUT2D eigenvalue weighted by Crippen LogP contribution is 2.21. The molecule has 0 spiro atoms. The van der Waals surface area contributed by atoms with Crippen LogP contribution in [0, 0.1) is 0 Å². The van der Waals surface area contributed by atoms with E-state index >= 15 is 0 Å². The van der Waals surface area contributed by atoms with E-state index in [1.54, 1.807) is 42.6 Å². The van der Waals surface area contributed by atoms with E-state index in [0.29, 0.717) is 11.3 Å². The third-order valence-electron chi connectivity index (χ3n) is 3.52. The van der Waals surface area contributed by atoms with Gasteiger partial charge in [0, 0.05) is 24.2 Å². The van der Waals surface area contributed by atoms with Gasteiger partial charge < -0.3 is 5.73 Å². The molecule has 6 nitrogen and oxygen atoms in total. The van der Waals surface area contributed by atoms with E-state index in [-0.39, 0.29) is 17.7 Å². The molecule has 7 heteroatoms. The first-order valence-electron chi connectivity index (χ1n) is 7.03. The summed E-state index contributed by atoms with van der Waals surface area (Å²) in [5.41, 5.74) is 6.51. The number of primary amides is 1. The SMILES string of the molecule is CS(=O)(=O)CCC(C(N)=O)c1ccc(-n2ccccc2=O)cc1. The quantitative estimate of drug-likeness (QED) is 0.846. The molecule has 122 valence electrons. The van der Waals surface area contributed by atoms with E-state index in [1.165, 1.54) is 10.6 Å². The van der Waals surface area contributed by atoms with Crippen LogP contribution in [0.5, 0.6) is 0 Å². The molecule has 1 unspecified atom stereocenters. The Morgan fingerprint density at radius 1 is 1.17 bits per heavy atom. The van der Waals surface area contributed by atoms with Gasteiger partial charge in [-0.05, 0) is 30.2 Å².